The third-order valence-electron chi connectivity index (χ3n) is 4.95. The Kier molecular flexibility index (Phi) is 4.09. The summed E-state index contributed by atoms with van der Waals surface area (Å²) in [6, 6.07) is 17.0. The van der Waals surface area contributed by atoms with Crippen LogP contribution in [0.5, 0.6) is 0 Å². The molecule has 132 valence electrons. The summed E-state index contributed by atoms with van der Waals surface area (Å²) in [6.07, 6.45) is 0.814. The second kappa shape index (κ2) is 6.42. The van der Waals surface area contributed by atoms with Crippen LogP contribution in [0.4, 0.5) is 5.69 Å². The van der Waals surface area contributed by atoms with E-state index in [0.29, 0.717) is 12.1 Å². The molecule has 5 heteroatoms. The molecular weight excluding hydrogens is 328 g/mol. The van der Waals surface area contributed by atoms with Crippen molar-refractivity contribution < 1.29 is 9.21 Å². The van der Waals surface area contributed by atoms with Crippen LogP contribution >= 0.6 is 0 Å². The van der Waals surface area contributed by atoms with Crippen molar-refractivity contribution in [3.05, 3.63) is 76.1 Å². The molecule has 1 aliphatic rings. The van der Waals surface area contributed by atoms with Crippen LogP contribution in [0.15, 0.2) is 63.8 Å². The van der Waals surface area contributed by atoms with E-state index in [1.54, 1.807) is 23.1 Å². The molecule has 0 N–H and O–H groups in total. The van der Waals surface area contributed by atoms with Crippen LogP contribution in [0.2, 0.25) is 0 Å². The number of anilines is 1. The Bertz CT molecular complexity index is 1040. The predicted octanol–water partition coefficient (Wildman–Crippen LogP) is 3.45. The van der Waals surface area contributed by atoms with E-state index in [2.05, 4.69) is 4.90 Å². The van der Waals surface area contributed by atoms with Gasteiger partial charge in [-0.15, -0.1) is 0 Å². The fourth-order valence-corrected chi connectivity index (χ4v) is 3.65. The van der Waals surface area contributed by atoms with Crippen LogP contribution in [0.3, 0.4) is 0 Å². The van der Waals surface area contributed by atoms with Gasteiger partial charge in [0, 0.05) is 23.7 Å². The molecule has 1 atom stereocenters. The molecule has 2 aromatic carbocycles. The fraction of sp³-hybridized carbons (Fsp3) is 0.238. The molecule has 0 radical (unpaired) electrons. The van der Waals surface area contributed by atoms with Gasteiger partial charge in [0.15, 0.2) is 0 Å². The molecule has 1 aromatic heterocycles. The predicted molar refractivity (Wildman–Crippen MR) is 102 cm³/mol. The van der Waals surface area contributed by atoms with Crippen molar-refractivity contribution in [2.75, 3.05) is 25.5 Å². The average Bonchev–Trinajstić information content (AvgIpc) is 2.66. The average molecular weight is 348 g/mol. The standard InChI is InChI=1S/C21H20N2O3/c1-22(2)17-11-12-23(18-9-5-4-8-15(17)18)20(24)16-13-14-7-3-6-10-19(14)26-21(16)25/h3-10,13,17H,11-12H2,1-2H3. The SMILES string of the molecule is CN(C)C1CCN(C(=O)c2cc3ccccc3oc2=O)c2ccccc21. The molecule has 0 saturated carbocycles. The van der Waals surface area contributed by atoms with Crippen molar-refractivity contribution in [2.45, 2.75) is 12.5 Å². The molecule has 1 amide bonds. The van der Waals surface area contributed by atoms with Gasteiger partial charge in [0.05, 0.1) is 0 Å². The minimum absolute atomic E-state index is 0.0711. The second-order valence-corrected chi connectivity index (χ2v) is 6.77. The van der Waals surface area contributed by atoms with Gasteiger partial charge in [-0.05, 0) is 44.3 Å². The highest BCUT2D eigenvalue weighted by atomic mass is 16.4. The second-order valence-electron chi connectivity index (χ2n) is 6.77. The topological polar surface area (TPSA) is 53.8 Å². The van der Waals surface area contributed by atoms with E-state index >= 15 is 0 Å². The molecule has 2 heterocycles. The Morgan fingerprint density at radius 1 is 1.12 bits per heavy atom. The molecule has 4 rings (SSSR count). The minimum Gasteiger partial charge on any atom is -0.422 e. The Balaban J connectivity index is 1.79. The third-order valence-corrected chi connectivity index (χ3v) is 4.95. The van der Waals surface area contributed by atoms with Gasteiger partial charge in [-0.2, -0.15) is 0 Å². The van der Waals surface area contributed by atoms with E-state index in [4.69, 9.17) is 4.42 Å². The van der Waals surface area contributed by atoms with Gasteiger partial charge < -0.3 is 14.2 Å². The Labute approximate surface area is 151 Å². The molecule has 0 spiro atoms. The molecule has 1 aliphatic heterocycles. The quantitative estimate of drug-likeness (QED) is 0.666. The summed E-state index contributed by atoms with van der Waals surface area (Å²) >= 11 is 0. The molecule has 1 unspecified atom stereocenters. The van der Waals surface area contributed by atoms with Crippen molar-refractivity contribution >= 4 is 22.6 Å². The van der Waals surface area contributed by atoms with Gasteiger partial charge in [-0.3, -0.25) is 4.79 Å². The first kappa shape index (κ1) is 16.5. The largest absolute Gasteiger partial charge is 0.422 e. The van der Waals surface area contributed by atoms with E-state index in [-0.39, 0.29) is 17.5 Å². The highest BCUT2D eigenvalue weighted by Crippen LogP contribution is 2.36. The number of para-hydroxylation sites is 2. The number of fused-ring (bicyclic) bond motifs is 2. The van der Waals surface area contributed by atoms with E-state index in [1.807, 2.05) is 50.5 Å². The maximum absolute atomic E-state index is 13.2. The highest BCUT2D eigenvalue weighted by Gasteiger charge is 2.31. The first-order chi connectivity index (χ1) is 12.6. The highest BCUT2D eigenvalue weighted by molar-refractivity contribution is 6.07. The van der Waals surface area contributed by atoms with Gasteiger partial charge in [0.2, 0.25) is 0 Å². The molecule has 26 heavy (non-hydrogen) atoms. The number of rotatable bonds is 2. The summed E-state index contributed by atoms with van der Waals surface area (Å²) in [5.41, 5.74) is 1.92. The van der Waals surface area contributed by atoms with Crippen LogP contribution < -0.4 is 10.5 Å². The lowest BCUT2D eigenvalue weighted by molar-refractivity contribution is 0.0977. The monoisotopic (exact) mass is 348 g/mol. The maximum atomic E-state index is 13.2. The van der Waals surface area contributed by atoms with Crippen LogP contribution in [0.25, 0.3) is 11.0 Å². The van der Waals surface area contributed by atoms with Crippen molar-refractivity contribution in [1.29, 1.82) is 0 Å². The van der Waals surface area contributed by atoms with E-state index in [0.717, 1.165) is 23.1 Å². The van der Waals surface area contributed by atoms with Gasteiger partial charge in [0.25, 0.3) is 5.91 Å². The maximum Gasteiger partial charge on any atom is 0.349 e. The van der Waals surface area contributed by atoms with Crippen LogP contribution in [0.1, 0.15) is 28.4 Å². The van der Waals surface area contributed by atoms with Crippen molar-refractivity contribution in [1.82, 2.24) is 4.90 Å². The number of hydrogen-bond acceptors (Lipinski definition) is 4. The van der Waals surface area contributed by atoms with Gasteiger partial charge in [0.1, 0.15) is 11.1 Å². The summed E-state index contributed by atoms with van der Waals surface area (Å²) < 4.78 is 5.34. The third kappa shape index (κ3) is 2.70. The lowest BCUT2D eigenvalue weighted by Gasteiger charge is -2.37. The molecule has 0 aliphatic carbocycles. The summed E-state index contributed by atoms with van der Waals surface area (Å²) in [5.74, 6) is -0.311. The lowest BCUT2D eigenvalue weighted by Crippen LogP contribution is -2.41. The van der Waals surface area contributed by atoms with Gasteiger partial charge >= 0.3 is 5.63 Å². The van der Waals surface area contributed by atoms with Gasteiger partial charge in [-0.25, -0.2) is 4.79 Å². The number of nitrogens with zero attached hydrogens (tertiary/aromatic N) is 2. The van der Waals surface area contributed by atoms with E-state index in [9.17, 15) is 9.59 Å². The molecular formula is C21H20N2O3. The normalized spacial score (nSPS) is 16.7. The van der Waals surface area contributed by atoms with Crippen molar-refractivity contribution in [2.24, 2.45) is 0 Å². The van der Waals surface area contributed by atoms with E-state index in [1.165, 1.54) is 0 Å². The zero-order chi connectivity index (χ0) is 18.3. The zero-order valence-electron chi connectivity index (χ0n) is 14.8. The Morgan fingerprint density at radius 3 is 2.65 bits per heavy atom. The lowest BCUT2D eigenvalue weighted by atomic mass is 9.95. The fourth-order valence-electron chi connectivity index (χ4n) is 3.65. The number of amides is 1. The Hall–Kier alpha value is -2.92. The number of carbonyl (C=O) groups is 1. The number of hydrogen-bond donors (Lipinski definition) is 0. The summed E-state index contributed by atoms with van der Waals surface area (Å²) in [5, 5.41) is 0.743. The van der Waals surface area contributed by atoms with Crippen molar-refractivity contribution in [3.8, 4) is 0 Å². The van der Waals surface area contributed by atoms with Crippen molar-refractivity contribution in [3.63, 3.8) is 0 Å². The van der Waals surface area contributed by atoms with Gasteiger partial charge in [-0.1, -0.05) is 36.4 Å². The molecule has 3 aromatic rings. The number of benzene rings is 2. The first-order valence-corrected chi connectivity index (χ1v) is 8.66. The molecule has 0 saturated heterocycles. The van der Waals surface area contributed by atoms with Crippen LogP contribution in [-0.4, -0.2) is 31.4 Å². The molecule has 0 bridgehead atoms. The number of carbonyl (C=O) groups excluding carboxylic acids is 1. The molecule has 5 nitrogen and oxygen atoms in total. The summed E-state index contributed by atoms with van der Waals surface area (Å²) in [6.45, 7) is 0.560. The van der Waals surface area contributed by atoms with Crippen LogP contribution in [-0.2, 0) is 0 Å². The van der Waals surface area contributed by atoms with E-state index < -0.39 is 5.63 Å². The minimum atomic E-state index is -0.596. The summed E-state index contributed by atoms with van der Waals surface area (Å²) in [7, 11) is 4.08. The smallest absolute Gasteiger partial charge is 0.349 e. The van der Waals surface area contributed by atoms with Crippen LogP contribution in [0, 0.1) is 0 Å². The Morgan fingerprint density at radius 2 is 1.85 bits per heavy atom. The summed E-state index contributed by atoms with van der Waals surface area (Å²) in [4.78, 5) is 29.4. The first-order valence-electron chi connectivity index (χ1n) is 8.66. The molecule has 0 fully saturated rings. The zero-order valence-corrected chi connectivity index (χ0v) is 14.8.